The fourth-order valence-electron chi connectivity index (χ4n) is 3.62. The van der Waals surface area contributed by atoms with Gasteiger partial charge in [-0.05, 0) is 61.7 Å². The lowest BCUT2D eigenvalue weighted by Gasteiger charge is -2.31. The Morgan fingerprint density at radius 1 is 1.07 bits per heavy atom. The van der Waals surface area contributed by atoms with Crippen LogP contribution in [0.2, 0.25) is 5.02 Å². The van der Waals surface area contributed by atoms with E-state index in [4.69, 9.17) is 11.6 Å². The highest BCUT2D eigenvalue weighted by molar-refractivity contribution is 6.30. The van der Waals surface area contributed by atoms with Crippen molar-refractivity contribution in [2.45, 2.75) is 33.2 Å². The van der Waals surface area contributed by atoms with Crippen molar-refractivity contribution in [3.8, 4) is 0 Å². The Kier molecular flexibility index (Phi) is 7.88. The number of anilines is 1. The average Bonchev–Trinajstić information content (AvgIpc) is 2.74. The van der Waals surface area contributed by atoms with E-state index in [1.807, 2.05) is 50.2 Å². The van der Waals surface area contributed by atoms with Crippen LogP contribution in [0, 0.1) is 11.8 Å². The summed E-state index contributed by atoms with van der Waals surface area (Å²) in [4.78, 5) is 27.7. The number of nitrogens with one attached hydrogen (secondary N) is 2. The lowest BCUT2D eigenvalue weighted by atomic mass is 9.95. The first-order chi connectivity index (χ1) is 14.4. The fraction of sp³-hybridized carbons (Fsp3) is 0.417. The minimum atomic E-state index is -0.155. The standard InChI is InChI=1S/C24H30ClN3O2/c1-17(2)15-26-24(30)21-5-3-4-6-22(21)27-23(29)19-11-13-28(14-12-19)16-18-7-9-20(25)10-8-18/h3-10,17,19H,11-16H2,1-2H3,(H,26,30)(H,27,29). The predicted molar refractivity (Wildman–Crippen MR) is 122 cm³/mol. The van der Waals surface area contributed by atoms with Gasteiger partial charge >= 0.3 is 0 Å². The second-order valence-corrected chi connectivity index (χ2v) is 8.75. The highest BCUT2D eigenvalue weighted by atomic mass is 35.5. The highest BCUT2D eigenvalue weighted by Gasteiger charge is 2.26. The summed E-state index contributed by atoms with van der Waals surface area (Å²) in [5, 5.41) is 6.65. The van der Waals surface area contributed by atoms with Crippen LogP contribution in [0.25, 0.3) is 0 Å². The molecule has 0 spiro atoms. The van der Waals surface area contributed by atoms with Gasteiger partial charge in [-0.15, -0.1) is 0 Å². The summed E-state index contributed by atoms with van der Waals surface area (Å²) < 4.78 is 0. The number of halogens is 1. The zero-order valence-corrected chi connectivity index (χ0v) is 18.4. The van der Waals surface area contributed by atoms with Crippen molar-refractivity contribution < 1.29 is 9.59 Å². The van der Waals surface area contributed by atoms with E-state index in [1.54, 1.807) is 12.1 Å². The van der Waals surface area contributed by atoms with Gasteiger partial charge in [-0.3, -0.25) is 14.5 Å². The number of para-hydroxylation sites is 1. The normalized spacial score (nSPS) is 15.2. The van der Waals surface area contributed by atoms with Crippen LogP contribution < -0.4 is 10.6 Å². The monoisotopic (exact) mass is 427 g/mol. The highest BCUT2D eigenvalue weighted by Crippen LogP contribution is 2.23. The van der Waals surface area contributed by atoms with Crippen LogP contribution >= 0.6 is 11.6 Å². The molecule has 1 fully saturated rings. The van der Waals surface area contributed by atoms with E-state index in [-0.39, 0.29) is 17.7 Å². The van der Waals surface area contributed by atoms with Gasteiger partial charge in [0.1, 0.15) is 0 Å². The van der Waals surface area contributed by atoms with Gasteiger partial charge in [0.05, 0.1) is 11.3 Å². The second-order valence-electron chi connectivity index (χ2n) is 8.32. The lowest BCUT2D eigenvalue weighted by molar-refractivity contribution is -0.121. The van der Waals surface area contributed by atoms with Gasteiger partial charge in [-0.2, -0.15) is 0 Å². The Bertz CT molecular complexity index is 859. The van der Waals surface area contributed by atoms with Crippen molar-refractivity contribution in [2.24, 2.45) is 11.8 Å². The number of likely N-dealkylation sites (tertiary alicyclic amines) is 1. The van der Waals surface area contributed by atoms with Gasteiger partial charge in [-0.1, -0.05) is 49.7 Å². The molecule has 1 heterocycles. The summed E-state index contributed by atoms with van der Waals surface area (Å²) in [5.74, 6) is 0.162. The molecule has 0 radical (unpaired) electrons. The topological polar surface area (TPSA) is 61.4 Å². The molecule has 2 amide bonds. The molecule has 30 heavy (non-hydrogen) atoms. The van der Waals surface area contributed by atoms with Crippen LogP contribution in [-0.4, -0.2) is 36.3 Å². The van der Waals surface area contributed by atoms with Gasteiger partial charge in [0.2, 0.25) is 5.91 Å². The van der Waals surface area contributed by atoms with E-state index in [9.17, 15) is 9.59 Å². The van der Waals surface area contributed by atoms with Crippen LogP contribution in [0.5, 0.6) is 0 Å². The van der Waals surface area contributed by atoms with Gasteiger partial charge < -0.3 is 10.6 Å². The molecule has 3 rings (SSSR count). The lowest BCUT2D eigenvalue weighted by Crippen LogP contribution is -2.38. The number of benzene rings is 2. The Labute approximate surface area is 183 Å². The van der Waals surface area contributed by atoms with Gasteiger partial charge in [0.15, 0.2) is 0 Å². The van der Waals surface area contributed by atoms with Crippen LogP contribution in [-0.2, 0) is 11.3 Å². The van der Waals surface area contributed by atoms with Crippen LogP contribution in [0.3, 0.4) is 0 Å². The Hall–Kier alpha value is -2.37. The third kappa shape index (κ3) is 6.31. The fourth-order valence-corrected chi connectivity index (χ4v) is 3.74. The molecule has 6 heteroatoms. The Morgan fingerprint density at radius 3 is 2.40 bits per heavy atom. The molecule has 5 nitrogen and oxygen atoms in total. The number of piperidine rings is 1. The van der Waals surface area contributed by atoms with Crippen molar-refractivity contribution in [1.82, 2.24) is 10.2 Å². The van der Waals surface area contributed by atoms with Crippen molar-refractivity contribution in [3.63, 3.8) is 0 Å². The number of hydrogen-bond acceptors (Lipinski definition) is 3. The maximum atomic E-state index is 12.8. The summed E-state index contributed by atoms with van der Waals surface area (Å²) in [6.07, 6.45) is 1.61. The number of carbonyl (C=O) groups is 2. The third-order valence-corrected chi connectivity index (χ3v) is 5.63. The molecule has 0 aromatic heterocycles. The van der Waals surface area contributed by atoms with E-state index in [2.05, 4.69) is 15.5 Å². The first-order valence-corrected chi connectivity index (χ1v) is 10.9. The van der Waals surface area contributed by atoms with Crippen molar-refractivity contribution in [2.75, 3.05) is 25.0 Å². The zero-order valence-electron chi connectivity index (χ0n) is 17.7. The first kappa shape index (κ1) is 22.3. The van der Waals surface area contributed by atoms with E-state index in [1.165, 1.54) is 5.56 Å². The minimum Gasteiger partial charge on any atom is -0.352 e. The molecule has 1 aliphatic rings. The van der Waals surface area contributed by atoms with Gasteiger partial charge in [-0.25, -0.2) is 0 Å². The molecular weight excluding hydrogens is 398 g/mol. The average molecular weight is 428 g/mol. The smallest absolute Gasteiger partial charge is 0.253 e. The van der Waals surface area contributed by atoms with Gasteiger partial charge in [0.25, 0.3) is 5.91 Å². The van der Waals surface area contributed by atoms with Crippen LogP contribution in [0.4, 0.5) is 5.69 Å². The van der Waals surface area contributed by atoms with Crippen molar-refractivity contribution in [3.05, 3.63) is 64.7 Å². The number of amides is 2. The summed E-state index contributed by atoms with van der Waals surface area (Å²) >= 11 is 5.95. The van der Waals surface area contributed by atoms with E-state index >= 15 is 0 Å². The van der Waals surface area contributed by atoms with Crippen LogP contribution in [0.15, 0.2) is 48.5 Å². The molecule has 160 valence electrons. The predicted octanol–water partition coefficient (Wildman–Crippen LogP) is 4.58. The Balaban J connectivity index is 1.53. The molecule has 2 aromatic carbocycles. The molecule has 0 bridgehead atoms. The minimum absolute atomic E-state index is 0.00903. The van der Waals surface area contributed by atoms with E-state index < -0.39 is 0 Å². The maximum Gasteiger partial charge on any atom is 0.253 e. The molecule has 1 saturated heterocycles. The third-order valence-electron chi connectivity index (χ3n) is 5.38. The zero-order chi connectivity index (χ0) is 21.5. The summed E-state index contributed by atoms with van der Waals surface area (Å²) in [5.41, 5.74) is 2.31. The molecule has 0 atom stereocenters. The first-order valence-electron chi connectivity index (χ1n) is 10.6. The van der Waals surface area contributed by atoms with Crippen LogP contribution in [0.1, 0.15) is 42.6 Å². The summed E-state index contributed by atoms with van der Waals surface area (Å²) in [6.45, 7) is 7.31. The van der Waals surface area contributed by atoms with Gasteiger partial charge in [0, 0.05) is 24.0 Å². The van der Waals surface area contributed by atoms with Crippen molar-refractivity contribution in [1.29, 1.82) is 0 Å². The number of carbonyl (C=O) groups excluding carboxylic acids is 2. The number of hydrogen-bond donors (Lipinski definition) is 2. The Morgan fingerprint density at radius 2 is 1.73 bits per heavy atom. The molecular formula is C24H30ClN3O2. The number of nitrogens with zero attached hydrogens (tertiary/aromatic N) is 1. The molecule has 0 aliphatic carbocycles. The quantitative estimate of drug-likeness (QED) is 0.680. The molecule has 0 unspecified atom stereocenters. The number of rotatable bonds is 7. The molecule has 2 N–H and O–H groups in total. The van der Waals surface area contributed by atoms with Crippen molar-refractivity contribution >= 4 is 29.1 Å². The summed E-state index contributed by atoms with van der Waals surface area (Å²) in [6, 6.07) is 15.1. The SMILES string of the molecule is CC(C)CNC(=O)c1ccccc1NC(=O)C1CCN(Cc2ccc(Cl)cc2)CC1. The maximum absolute atomic E-state index is 12.8. The molecule has 0 saturated carbocycles. The summed E-state index contributed by atoms with van der Waals surface area (Å²) in [7, 11) is 0. The van der Waals surface area contributed by atoms with E-state index in [0.717, 1.165) is 37.5 Å². The van der Waals surface area contributed by atoms with E-state index in [0.29, 0.717) is 23.7 Å². The molecule has 1 aliphatic heterocycles. The second kappa shape index (κ2) is 10.6. The molecule has 2 aromatic rings. The largest absolute Gasteiger partial charge is 0.352 e.